The summed E-state index contributed by atoms with van der Waals surface area (Å²) in [5, 5.41) is 5.93. The van der Waals surface area contributed by atoms with Crippen molar-refractivity contribution in [2.45, 2.75) is 19.5 Å². The lowest BCUT2D eigenvalue weighted by Crippen LogP contribution is -2.18. The molecule has 0 saturated carbocycles. The molecule has 2 aromatic rings. The second-order valence-corrected chi connectivity index (χ2v) is 5.29. The van der Waals surface area contributed by atoms with E-state index < -0.39 is 0 Å². The van der Waals surface area contributed by atoms with Gasteiger partial charge in [-0.2, -0.15) is 0 Å². The molecule has 17 heavy (non-hydrogen) atoms. The first-order valence-electron chi connectivity index (χ1n) is 5.37. The fourth-order valence-corrected chi connectivity index (χ4v) is 2.66. The van der Waals surface area contributed by atoms with E-state index in [4.69, 9.17) is 11.6 Å². The van der Waals surface area contributed by atoms with Gasteiger partial charge in [0.2, 0.25) is 0 Å². The molecule has 0 unspecified atom stereocenters. The molecule has 0 saturated heterocycles. The van der Waals surface area contributed by atoms with E-state index >= 15 is 0 Å². The van der Waals surface area contributed by atoms with Gasteiger partial charge in [-0.15, -0.1) is 11.3 Å². The van der Waals surface area contributed by atoms with Crippen LogP contribution in [0.1, 0.15) is 23.4 Å². The molecule has 0 aliphatic rings. The van der Waals surface area contributed by atoms with E-state index in [2.05, 4.69) is 5.32 Å². The Labute approximate surface area is 109 Å². The van der Waals surface area contributed by atoms with Gasteiger partial charge in [0.05, 0.1) is 5.02 Å². The summed E-state index contributed by atoms with van der Waals surface area (Å²) in [6, 6.07) is 8.73. The maximum atomic E-state index is 13.5. The molecule has 1 atom stereocenters. The number of hydrogen-bond donors (Lipinski definition) is 1. The molecule has 0 aliphatic heterocycles. The summed E-state index contributed by atoms with van der Waals surface area (Å²) >= 11 is 7.44. The molecule has 0 bridgehead atoms. The number of nitrogens with one attached hydrogen (secondary N) is 1. The molecular weight excluding hydrogens is 257 g/mol. The Kier molecular flexibility index (Phi) is 4.15. The molecule has 0 fully saturated rings. The molecule has 1 aromatic carbocycles. The minimum absolute atomic E-state index is 0.0166. The third-order valence-electron chi connectivity index (χ3n) is 2.58. The van der Waals surface area contributed by atoms with Crippen LogP contribution in [0.4, 0.5) is 4.39 Å². The largest absolute Gasteiger partial charge is 0.305 e. The van der Waals surface area contributed by atoms with Crippen LogP contribution in [0.15, 0.2) is 35.7 Å². The Morgan fingerprint density at radius 1 is 1.41 bits per heavy atom. The van der Waals surface area contributed by atoms with Crippen molar-refractivity contribution in [1.82, 2.24) is 5.32 Å². The fourth-order valence-electron chi connectivity index (χ4n) is 1.64. The highest BCUT2D eigenvalue weighted by Crippen LogP contribution is 2.21. The smallest absolute Gasteiger partial charge is 0.127 e. The number of rotatable bonds is 4. The van der Waals surface area contributed by atoms with E-state index in [1.165, 1.54) is 6.07 Å². The van der Waals surface area contributed by atoms with Crippen LogP contribution in [0.25, 0.3) is 0 Å². The number of benzene rings is 1. The highest BCUT2D eigenvalue weighted by Gasteiger charge is 2.09. The van der Waals surface area contributed by atoms with Crippen molar-refractivity contribution in [3.05, 3.63) is 57.0 Å². The van der Waals surface area contributed by atoms with Crippen molar-refractivity contribution in [1.29, 1.82) is 0 Å². The van der Waals surface area contributed by atoms with Crippen LogP contribution in [0.3, 0.4) is 0 Å². The van der Waals surface area contributed by atoms with E-state index in [9.17, 15) is 4.39 Å². The Bertz CT molecular complexity index is 498. The molecule has 0 amide bonds. The van der Waals surface area contributed by atoms with Gasteiger partial charge in [0.1, 0.15) is 5.82 Å². The summed E-state index contributed by atoms with van der Waals surface area (Å²) in [4.78, 5) is 1.15. The lowest BCUT2D eigenvalue weighted by Gasteiger charge is -2.14. The van der Waals surface area contributed by atoms with Crippen LogP contribution < -0.4 is 5.32 Å². The topological polar surface area (TPSA) is 12.0 Å². The highest BCUT2D eigenvalue weighted by molar-refractivity contribution is 7.10. The first kappa shape index (κ1) is 12.6. The third-order valence-corrected chi connectivity index (χ3v) is 3.86. The van der Waals surface area contributed by atoms with Crippen molar-refractivity contribution in [2.24, 2.45) is 0 Å². The van der Waals surface area contributed by atoms with E-state index in [1.54, 1.807) is 23.5 Å². The second kappa shape index (κ2) is 5.63. The van der Waals surface area contributed by atoms with Crippen LogP contribution in [0, 0.1) is 5.82 Å². The molecule has 0 aliphatic carbocycles. The van der Waals surface area contributed by atoms with Gasteiger partial charge in [-0.1, -0.05) is 29.8 Å². The van der Waals surface area contributed by atoms with Gasteiger partial charge in [0, 0.05) is 28.4 Å². The van der Waals surface area contributed by atoms with Crippen molar-refractivity contribution >= 4 is 22.9 Å². The molecule has 90 valence electrons. The molecule has 1 heterocycles. The van der Waals surface area contributed by atoms with Crippen molar-refractivity contribution < 1.29 is 4.39 Å². The summed E-state index contributed by atoms with van der Waals surface area (Å²) in [7, 11) is 0. The average molecular weight is 270 g/mol. The van der Waals surface area contributed by atoms with Gasteiger partial charge in [-0.05, 0) is 19.1 Å². The molecule has 1 aromatic heterocycles. The van der Waals surface area contributed by atoms with Crippen molar-refractivity contribution in [3.63, 3.8) is 0 Å². The molecule has 2 rings (SSSR count). The third kappa shape index (κ3) is 3.28. The summed E-state index contributed by atoms with van der Waals surface area (Å²) < 4.78 is 13.5. The molecule has 0 radical (unpaired) electrons. The maximum Gasteiger partial charge on any atom is 0.127 e. The fraction of sp³-hybridized carbons (Fsp3) is 0.231. The SMILES string of the molecule is C[C@@H](NCc1cc(Cl)cs1)c1ccccc1F. The van der Waals surface area contributed by atoms with E-state index in [1.807, 2.05) is 24.4 Å². The van der Waals surface area contributed by atoms with Crippen LogP contribution in [0.5, 0.6) is 0 Å². The summed E-state index contributed by atoms with van der Waals surface area (Å²) in [5.41, 5.74) is 0.690. The van der Waals surface area contributed by atoms with Gasteiger partial charge >= 0.3 is 0 Å². The first-order valence-corrected chi connectivity index (χ1v) is 6.63. The standard InChI is InChI=1S/C13H13ClFNS/c1-9(12-4-2-3-5-13(12)15)16-7-11-6-10(14)8-17-11/h2-6,8-9,16H,7H2,1H3/t9-/m1/s1. The Morgan fingerprint density at radius 3 is 2.82 bits per heavy atom. The molecule has 1 N–H and O–H groups in total. The summed E-state index contributed by atoms with van der Waals surface area (Å²) in [6.45, 7) is 2.65. The van der Waals surface area contributed by atoms with E-state index in [0.717, 1.165) is 9.90 Å². The molecular formula is C13H13ClFNS. The van der Waals surface area contributed by atoms with Crippen LogP contribution >= 0.6 is 22.9 Å². The van der Waals surface area contributed by atoms with Crippen molar-refractivity contribution in [2.75, 3.05) is 0 Å². The quantitative estimate of drug-likeness (QED) is 0.868. The number of halogens is 2. The first-order chi connectivity index (χ1) is 8.16. The summed E-state index contributed by atoms with van der Waals surface area (Å²) in [6.07, 6.45) is 0. The predicted molar refractivity (Wildman–Crippen MR) is 71.0 cm³/mol. The minimum atomic E-state index is -0.170. The lowest BCUT2D eigenvalue weighted by atomic mass is 10.1. The Hall–Kier alpha value is -0.900. The van der Waals surface area contributed by atoms with Gasteiger partial charge in [-0.25, -0.2) is 4.39 Å². The minimum Gasteiger partial charge on any atom is -0.305 e. The van der Waals surface area contributed by atoms with E-state index in [0.29, 0.717) is 12.1 Å². The van der Waals surface area contributed by atoms with Crippen molar-refractivity contribution in [3.8, 4) is 0 Å². The average Bonchev–Trinajstić information content (AvgIpc) is 2.73. The zero-order valence-corrected chi connectivity index (χ0v) is 11.0. The second-order valence-electron chi connectivity index (χ2n) is 3.86. The molecule has 4 heteroatoms. The van der Waals surface area contributed by atoms with Crippen LogP contribution in [0.2, 0.25) is 5.02 Å². The molecule has 1 nitrogen and oxygen atoms in total. The lowest BCUT2D eigenvalue weighted by molar-refractivity contribution is 0.530. The summed E-state index contributed by atoms with van der Waals surface area (Å²) in [5.74, 6) is -0.170. The van der Waals surface area contributed by atoms with E-state index in [-0.39, 0.29) is 11.9 Å². The molecule has 0 spiro atoms. The highest BCUT2D eigenvalue weighted by atomic mass is 35.5. The Balaban J connectivity index is 1.98. The number of thiophene rings is 1. The van der Waals surface area contributed by atoms with Gasteiger partial charge < -0.3 is 5.32 Å². The zero-order chi connectivity index (χ0) is 12.3. The Morgan fingerprint density at radius 2 is 2.18 bits per heavy atom. The van der Waals surface area contributed by atoms with Crippen LogP contribution in [-0.2, 0) is 6.54 Å². The zero-order valence-electron chi connectivity index (χ0n) is 9.41. The van der Waals surface area contributed by atoms with Gasteiger partial charge in [0.25, 0.3) is 0 Å². The van der Waals surface area contributed by atoms with Gasteiger partial charge in [0.15, 0.2) is 0 Å². The predicted octanol–water partition coefficient (Wildman–Crippen LogP) is 4.39. The monoisotopic (exact) mass is 269 g/mol. The number of hydrogen-bond acceptors (Lipinski definition) is 2. The maximum absolute atomic E-state index is 13.5. The van der Waals surface area contributed by atoms with Crippen LogP contribution in [-0.4, -0.2) is 0 Å². The van der Waals surface area contributed by atoms with Gasteiger partial charge in [-0.3, -0.25) is 0 Å². The normalized spacial score (nSPS) is 12.6.